The summed E-state index contributed by atoms with van der Waals surface area (Å²) in [6.45, 7) is 4.15. The first kappa shape index (κ1) is 40.0. The molecule has 2 aliphatic rings. The zero-order valence-corrected chi connectivity index (χ0v) is 30.4. The standard InChI is InChI=1S/C40H48O13/c1-26(41)45-24-33-36(51-28(3)43)32(50-27(2)42)20-35(52-33)46-25-34-37(47-21-29-14-8-5-9-15-29)38(48-22-30-16-10-6-11-17-30)39(40(44-4)53-34)49-23-31-18-12-7-13-19-31/h5-19,32-40H,20-25H2,1-4H3. The molecule has 0 N–H and O–H groups in total. The van der Waals surface area contributed by atoms with Crippen LogP contribution in [-0.2, 0) is 81.6 Å². The fourth-order valence-corrected chi connectivity index (χ4v) is 6.28. The lowest BCUT2D eigenvalue weighted by Crippen LogP contribution is -2.62. The van der Waals surface area contributed by atoms with Gasteiger partial charge in [0.05, 0.1) is 26.4 Å². The Morgan fingerprint density at radius 2 is 1.06 bits per heavy atom. The molecule has 0 aromatic heterocycles. The van der Waals surface area contributed by atoms with Gasteiger partial charge in [-0.3, -0.25) is 14.4 Å². The van der Waals surface area contributed by atoms with E-state index in [4.69, 9.17) is 47.4 Å². The zero-order chi connectivity index (χ0) is 37.6. The van der Waals surface area contributed by atoms with E-state index in [0.29, 0.717) is 0 Å². The molecule has 3 aromatic carbocycles. The lowest BCUT2D eigenvalue weighted by atomic mass is 9.97. The van der Waals surface area contributed by atoms with E-state index in [1.54, 1.807) is 0 Å². The third kappa shape index (κ3) is 12.2. The number of methoxy groups -OCH3 is 1. The number of ether oxygens (including phenoxy) is 10. The van der Waals surface area contributed by atoms with Crippen molar-refractivity contribution in [2.24, 2.45) is 0 Å². The maximum absolute atomic E-state index is 12.1. The van der Waals surface area contributed by atoms with Gasteiger partial charge in [-0.1, -0.05) is 91.0 Å². The van der Waals surface area contributed by atoms with Crippen LogP contribution in [0.4, 0.5) is 0 Å². The largest absolute Gasteiger partial charge is 0.463 e. The molecule has 3 aromatic rings. The van der Waals surface area contributed by atoms with E-state index in [9.17, 15) is 14.4 Å². The van der Waals surface area contributed by atoms with Crippen LogP contribution >= 0.6 is 0 Å². The van der Waals surface area contributed by atoms with Crippen molar-refractivity contribution >= 4 is 17.9 Å². The van der Waals surface area contributed by atoms with Gasteiger partial charge in [-0.2, -0.15) is 0 Å². The third-order valence-corrected chi connectivity index (χ3v) is 8.68. The van der Waals surface area contributed by atoms with Gasteiger partial charge in [0.25, 0.3) is 0 Å². The molecule has 0 radical (unpaired) electrons. The molecule has 0 saturated carbocycles. The normalized spacial score (nSPS) is 27.1. The highest BCUT2D eigenvalue weighted by molar-refractivity contribution is 5.67. The molecule has 2 fully saturated rings. The first-order chi connectivity index (χ1) is 25.7. The minimum atomic E-state index is -1.04. The Bertz CT molecular complexity index is 1560. The molecular weight excluding hydrogens is 688 g/mol. The second-order valence-electron chi connectivity index (χ2n) is 12.8. The van der Waals surface area contributed by atoms with Crippen molar-refractivity contribution in [1.29, 1.82) is 0 Å². The molecule has 13 heteroatoms. The molecule has 2 aliphatic heterocycles. The van der Waals surface area contributed by atoms with Crippen LogP contribution in [0.3, 0.4) is 0 Å². The van der Waals surface area contributed by atoms with Crippen molar-refractivity contribution in [2.45, 2.75) is 102 Å². The molecule has 0 amide bonds. The summed E-state index contributed by atoms with van der Waals surface area (Å²) in [7, 11) is 1.53. The van der Waals surface area contributed by atoms with Crippen molar-refractivity contribution in [3.05, 3.63) is 108 Å². The molecule has 286 valence electrons. The van der Waals surface area contributed by atoms with Gasteiger partial charge in [-0.25, -0.2) is 0 Å². The van der Waals surface area contributed by atoms with Crippen LogP contribution < -0.4 is 0 Å². The molecule has 2 heterocycles. The predicted molar refractivity (Wildman–Crippen MR) is 188 cm³/mol. The van der Waals surface area contributed by atoms with Gasteiger partial charge in [0.15, 0.2) is 18.7 Å². The lowest BCUT2D eigenvalue weighted by molar-refractivity contribution is -0.333. The summed E-state index contributed by atoms with van der Waals surface area (Å²) in [4.78, 5) is 35.8. The molecule has 0 bridgehead atoms. The molecule has 53 heavy (non-hydrogen) atoms. The number of benzene rings is 3. The third-order valence-electron chi connectivity index (χ3n) is 8.68. The Hall–Kier alpha value is -4.21. The Labute approximate surface area is 309 Å². The van der Waals surface area contributed by atoms with Gasteiger partial charge < -0.3 is 47.4 Å². The number of carbonyl (C=O) groups excluding carboxylic acids is 3. The fourth-order valence-electron chi connectivity index (χ4n) is 6.28. The van der Waals surface area contributed by atoms with Gasteiger partial charge >= 0.3 is 17.9 Å². The highest BCUT2D eigenvalue weighted by Gasteiger charge is 2.50. The summed E-state index contributed by atoms with van der Waals surface area (Å²) in [5.74, 6) is -1.77. The van der Waals surface area contributed by atoms with Crippen molar-refractivity contribution in [3.8, 4) is 0 Å². The van der Waals surface area contributed by atoms with E-state index in [2.05, 4.69) is 0 Å². The molecule has 9 atom stereocenters. The van der Waals surface area contributed by atoms with Crippen LogP contribution in [0.5, 0.6) is 0 Å². The Kier molecular flexibility index (Phi) is 15.3. The number of carbonyl (C=O) groups is 3. The summed E-state index contributed by atoms with van der Waals surface area (Å²) in [6.07, 6.45) is -7.73. The SMILES string of the molecule is COC1OC(COC2CC(OC(C)=O)C(OC(C)=O)C(COC(C)=O)O2)C(OCc2ccccc2)C(OCc2ccccc2)C1OCc1ccccc1. The van der Waals surface area contributed by atoms with Crippen molar-refractivity contribution in [1.82, 2.24) is 0 Å². The molecule has 9 unspecified atom stereocenters. The highest BCUT2D eigenvalue weighted by atomic mass is 16.7. The Balaban J connectivity index is 1.41. The quantitative estimate of drug-likeness (QED) is 0.140. The van der Waals surface area contributed by atoms with Crippen LogP contribution in [0.15, 0.2) is 91.0 Å². The molecule has 0 aliphatic carbocycles. The number of rotatable bonds is 17. The predicted octanol–water partition coefficient (Wildman–Crippen LogP) is 4.67. The average Bonchev–Trinajstić information content (AvgIpc) is 3.15. The minimum Gasteiger partial charge on any atom is -0.463 e. The van der Waals surface area contributed by atoms with E-state index in [1.807, 2.05) is 91.0 Å². The second-order valence-corrected chi connectivity index (χ2v) is 12.8. The number of hydrogen-bond acceptors (Lipinski definition) is 13. The van der Waals surface area contributed by atoms with E-state index in [1.165, 1.54) is 27.9 Å². The maximum Gasteiger partial charge on any atom is 0.303 e. The topological polar surface area (TPSA) is 144 Å². The van der Waals surface area contributed by atoms with Crippen molar-refractivity contribution in [2.75, 3.05) is 20.3 Å². The number of hydrogen-bond donors (Lipinski definition) is 0. The van der Waals surface area contributed by atoms with Crippen molar-refractivity contribution in [3.63, 3.8) is 0 Å². The summed E-state index contributed by atoms with van der Waals surface area (Å²) in [6, 6.07) is 29.3. The van der Waals surface area contributed by atoms with Crippen LogP contribution in [0.25, 0.3) is 0 Å². The molecule has 13 nitrogen and oxygen atoms in total. The van der Waals surface area contributed by atoms with Gasteiger partial charge in [0.2, 0.25) is 0 Å². The fraction of sp³-hybridized carbons (Fsp3) is 0.475. The van der Waals surface area contributed by atoms with Gasteiger partial charge in [0.1, 0.15) is 43.2 Å². The average molecular weight is 737 g/mol. The van der Waals surface area contributed by atoms with Crippen LogP contribution in [0.1, 0.15) is 43.9 Å². The van der Waals surface area contributed by atoms with Crippen LogP contribution in [0.2, 0.25) is 0 Å². The van der Waals surface area contributed by atoms with Crippen molar-refractivity contribution < 1.29 is 61.8 Å². The van der Waals surface area contributed by atoms with Crippen LogP contribution in [-0.4, -0.2) is 93.5 Å². The Morgan fingerprint density at radius 3 is 1.55 bits per heavy atom. The van der Waals surface area contributed by atoms with Gasteiger partial charge in [0, 0.05) is 34.3 Å². The summed E-state index contributed by atoms with van der Waals surface area (Å²) >= 11 is 0. The van der Waals surface area contributed by atoms with Gasteiger partial charge in [-0.15, -0.1) is 0 Å². The molecular formula is C40H48O13. The van der Waals surface area contributed by atoms with E-state index < -0.39 is 73.2 Å². The van der Waals surface area contributed by atoms with Gasteiger partial charge in [-0.05, 0) is 16.7 Å². The summed E-state index contributed by atoms with van der Waals surface area (Å²) in [5.41, 5.74) is 2.86. The molecule has 2 saturated heterocycles. The van der Waals surface area contributed by atoms with E-state index in [-0.39, 0.29) is 39.5 Å². The molecule has 5 rings (SSSR count). The number of esters is 3. The monoisotopic (exact) mass is 736 g/mol. The smallest absolute Gasteiger partial charge is 0.303 e. The lowest BCUT2D eigenvalue weighted by Gasteiger charge is -2.46. The van der Waals surface area contributed by atoms with E-state index in [0.717, 1.165) is 16.7 Å². The molecule has 0 spiro atoms. The first-order valence-electron chi connectivity index (χ1n) is 17.6. The first-order valence-corrected chi connectivity index (χ1v) is 17.6. The Morgan fingerprint density at radius 1 is 0.566 bits per heavy atom. The van der Waals surface area contributed by atoms with E-state index >= 15 is 0 Å². The van der Waals surface area contributed by atoms with Crippen LogP contribution in [0, 0.1) is 0 Å². The summed E-state index contributed by atoms with van der Waals surface area (Å²) < 4.78 is 60.9. The maximum atomic E-state index is 12.1. The highest BCUT2D eigenvalue weighted by Crippen LogP contribution is 2.33. The second kappa shape index (κ2) is 20.3. The minimum absolute atomic E-state index is 0.0147. The zero-order valence-electron chi connectivity index (χ0n) is 30.4. The summed E-state index contributed by atoms with van der Waals surface area (Å²) in [5, 5.41) is 0.